The van der Waals surface area contributed by atoms with Crippen LogP contribution in [0.1, 0.15) is 32.6 Å². The lowest BCUT2D eigenvalue weighted by Gasteiger charge is -2.26. The van der Waals surface area contributed by atoms with Gasteiger partial charge in [0.1, 0.15) is 6.10 Å². The predicted molar refractivity (Wildman–Crippen MR) is 50.7 cm³/mol. The highest BCUT2D eigenvalue weighted by Crippen LogP contribution is 2.15. The molecule has 0 radical (unpaired) electrons. The molecule has 0 spiro atoms. The molecule has 0 bridgehead atoms. The first-order valence-electron chi connectivity index (χ1n) is 5.22. The molecule has 0 saturated carbocycles. The summed E-state index contributed by atoms with van der Waals surface area (Å²) < 4.78 is 10.7. The minimum Gasteiger partial charge on any atom is -0.388 e. The van der Waals surface area contributed by atoms with Crippen LogP contribution in [0.15, 0.2) is 0 Å². The van der Waals surface area contributed by atoms with Crippen molar-refractivity contribution in [2.45, 2.75) is 44.8 Å². The van der Waals surface area contributed by atoms with Crippen LogP contribution in [-0.4, -0.2) is 37.1 Å². The Morgan fingerprint density at radius 1 is 1.54 bits per heavy atom. The van der Waals surface area contributed by atoms with E-state index in [0.717, 1.165) is 38.9 Å². The average Bonchev–Trinajstić information content (AvgIpc) is 2.19. The van der Waals surface area contributed by atoms with E-state index < -0.39 is 6.10 Å². The fourth-order valence-corrected chi connectivity index (χ4v) is 1.52. The highest BCUT2D eigenvalue weighted by Gasteiger charge is 2.22. The Balaban J connectivity index is 2.09. The zero-order chi connectivity index (χ0) is 9.52. The van der Waals surface area contributed by atoms with Gasteiger partial charge in [-0.1, -0.05) is 6.92 Å². The quantitative estimate of drug-likeness (QED) is 0.662. The summed E-state index contributed by atoms with van der Waals surface area (Å²) in [4.78, 5) is 0. The van der Waals surface area contributed by atoms with Crippen molar-refractivity contribution in [3.05, 3.63) is 0 Å². The van der Waals surface area contributed by atoms with Crippen molar-refractivity contribution >= 4 is 0 Å². The van der Waals surface area contributed by atoms with E-state index in [4.69, 9.17) is 9.47 Å². The molecule has 0 aromatic rings. The van der Waals surface area contributed by atoms with Gasteiger partial charge >= 0.3 is 0 Å². The lowest BCUT2D eigenvalue weighted by molar-refractivity contribution is -0.0895. The van der Waals surface area contributed by atoms with Crippen LogP contribution in [0.25, 0.3) is 0 Å². The second kappa shape index (κ2) is 6.35. The van der Waals surface area contributed by atoms with Crippen LogP contribution in [0.3, 0.4) is 0 Å². The van der Waals surface area contributed by atoms with Crippen LogP contribution in [-0.2, 0) is 9.47 Å². The van der Waals surface area contributed by atoms with Crippen molar-refractivity contribution in [1.29, 1.82) is 0 Å². The Bertz CT molecular complexity index is 121. The molecule has 1 heterocycles. The molecule has 3 heteroatoms. The zero-order valence-corrected chi connectivity index (χ0v) is 8.37. The Kier molecular flexibility index (Phi) is 5.35. The molecule has 2 unspecified atom stereocenters. The third kappa shape index (κ3) is 4.07. The van der Waals surface area contributed by atoms with Crippen molar-refractivity contribution in [2.75, 3.05) is 19.8 Å². The van der Waals surface area contributed by atoms with Gasteiger partial charge in [0.05, 0.1) is 12.7 Å². The third-order valence-electron chi connectivity index (χ3n) is 2.28. The first-order valence-corrected chi connectivity index (χ1v) is 5.22. The Labute approximate surface area is 80.0 Å². The summed E-state index contributed by atoms with van der Waals surface area (Å²) >= 11 is 0. The lowest BCUT2D eigenvalue weighted by atomic mass is 10.0. The number of rotatable bonds is 5. The van der Waals surface area contributed by atoms with Crippen molar-refractivity contribution in [3.63, 3.8) is 0 Å². The largest absolute Gasteiger partial charge is 0.388 e. The Morgan fingerprint density at radius 3 is 3.00 bits per heavy atom. The monoisotopic (exact) mass is 188 g/mol. The molecule has 2 atom stereocenters. The molecule has 1 aliphatic heterocycles. The number of aliphatic hydroxyl groups is 1. The minimum absolute atomic E-state index is 0.00519. The van der Waals surface area contributed by atoms with Crippen LogP contribution in [0, 0.1) is 0 Å². The van der Waals surface area contributed by atoms with Crippen LogP contribution in [0.2, 0.25) is 0 Å². The van der Waals surface area contributed by atoms with E-state index in [1.54, 1.807) is 0 Å². The van der Waals surface area contributed by atoms with Gasteiger partial charge < -0.3 is 14.6 Å². The van der Waals surface area contributed by atoms with E-state index in [9.17, 15) is 5.11 Å². The predicted octanol–water partition coefficient (Wildman–Crippen LogP) is 1.34. The van der Waals surface area contributed by atoms with E-state index in [1.165, 1.54) is 0 Å². The summed E-state index contributed by atoms with van der Waals surface area (Å²) in [7, 11) is 0. The molecule has 3 nitrogen and oxygen atoms in total. The van der Waals surface area contributed by atoms with Gasteiger partial charge in [-0.15, -0.1) is 0 Å². The fraction of sp³-hybridized carbons (Fsp3) is 1.00. The molecular formula is C10H20O3. The molecule has 0 aromatic heterocycles. The highest BCUT2D eigenvalue weighted by molar-refractivity contribution is 4.71. The molecule has 1 fully saturated rings. The summed E-state index contributed by atoms with van der Waals surface area (Å²) in [6.45, 7) is 3.99. The lowest BCUT2D eigenvalue weighted by Crippen LogP contribution is -2.35. The Hall–Kier alpha value is -0.120. The van der Waals surface area contributed by atoms with Crippen LogP contribution >= 0.6 is 0 Å². The molecule has 0 amide bonds. The van der Waals surface area contributed by atoms with Gasteiger partial charge in [-0.25, -0.2) is 0 Å². The zero-order valence-electron chi connectivity index (χ0n) is 8.37. The van der Waals surface area contributed by atoms with E-state index in [-0.39, 0.29) is 6.10 Å². The van der Waals surface area contributed by atoms with E-state index in [0.29, 0.717) is 6.61 Å². The summed E-state index contributed by atoms with van der Waals surface area (Å²) in [5.74, 6) is 0. The van der Waals surface area contributed by atoms with E-state index >= 15 is 0 Å². The van der Waals surface area contributed by atoms with Gasteiger partial charge in [-0.05, 0) is 25.7 Å². The van der Waals surface area contributed by atoms with Crippen molar-refractivity contribution in [3.8, 4) is 0 Å². The second-order valence-electron chi connectivity index (χ2n) is 3.55. The second-order valence-corrected chi connectivity index (χ2v) is 3.55. The molecule has 0 aromatic carbocycles. The first-order chi connectivity index (χ1) is 6.34. The maximum atomic E-state index is 9.65. The van der Waals surface area contributed by atoms with Crippen molar-refractivity contribution in [2.24, 2.45) is 0 Å². The topological polar surface area (TPSA) is 38.7 Å². The number of aliphatic hydroxyl groups excluding tert-OH is 1. The van der Waals surface area contributed by atoms with Crippen molar-refractivity contribution < 1.29 is 14.6 Å². The number of ether oxygens (including phenoxy) is 2. The van der Waals surface area contributed by atoms with Crippen molar-refractivity contribution in [1.82, 2.24) is 0 Å². The van der Waals surface area contributed by atoms with Gasteiger partial charge in [0.25, 0.3) is 0 Å². The SMILES string of the molecule is CCCOCC(O)C1CCCCO1. The van der Waals surface area contributed by atoms with Gasteiger partial charge in [0, 0.05) is 13.2 Å². The van der Waals surface area contributed by atoms with Crippen LogP contribution in [0.5, 0.6) is 0 Å². The smallest absolute Gasteiger partial charge is 0.103 e. The summed E-state index contributed by atoms with van der Waals surface area (Å²) in [6, 6.07) is 0. The standard InChI is InChI=1S/C10H20O3/c1-2-6-12-8-9(11)10-5-3-4-7-13-10/h9-11H,2-8H2,1H3. The minimum atomic E-state index is -0.438. The molecule has 1 rings (SSSR count). The van der Waals surface area contributed by atoms with E-state index in [2.05, 4.69) is 6.92 Å². The van der Waals surface area contributed by atoms with E-state index in [1.807, 2.05) is 0 Å². The molecule has 0 aliphatic carbocycles. The summed E-state index contributed by atoms with van der Waals surface area (Å²) in [5, 5.41) is 9.65. The first kappa shape index (κ1) is 11.0. The van der Waals surface area contributed by atoms with Crippen LogP contribution < -0.4 is 0 Å². The molecular weight excluding hydrogens is 168 g/mol. The maximum absolute atomic E-state index is 9.65. The van der Waals surface area contributed by atoms with Crippen LogP contribution in [0.4, 0.5) is 0 Å². The summed E-state index contributed by atoms with van der Waals surface area (Å²) in [6.07, 6.45) is 3.82. The molecule has 13 heavy (non-hydrogen) atoms. The maximum Gasteiger partial charge on any atom is 0.103 e. The average molecular weight is 188 g/mol. The molecule has 1 aliphatic rings. The van der Waals surface area contributed by atoms with Gasteiger partial charge in [0.15, 0.2) is 0 Å². The third-order valence-corrected chi connectivity index (χ3v) is 2.28. The fourth-order valence-electron chi connectivity index (χ4n) is 1.52. The Morgan fingerprint density at radius 2 is 2.38 bits per heavy atom. The van der Waals surface area contributed by atoms with Gasteiger partial charge in [-0.2, -0.15) is 0 Å². The number of hydrogen-bond acceptors (Lipinski definition) is 3. The molecule has 1 N–H and O–H groups in total. The molecule has 1 saturated heterocycles. The molecule has 78 valence electrons. The van der Waals surface area contributed by atoms with Gasteiger partial charge in [-0.3, -0.25) is 0 Å². The van der Waals surface area contributed by atoms with Gasteiger partial charge in [0.2, 0.25) is 0 Å². The highest BCUT2D eigenvalue weighted by atomic mass is 16.5. The summed E-state index contributed by atoms with van der Waals surface area (Å²) in [5.41, 5.74) is 0. The normalized spacial score (nSPS) is 25.8. The number of hydrogen-bond donors (Lipinski definition) is 1.